The monoisotopic (exact) mass is 466 g/mol. The zero-order valence-corrected chi connectivity index (χ0v) is 19.0. The summed E-state index contributed by atoms with van der Waals surface area (Å²) in [6.45, 7) is 5.68. The van der Waals surface area contributed by atoms with Crippen molar-refractivity contribution in [1.29, 1.82) is 0 Å². The summed E-state index contributed by atoms with van der Waals surface area (Å²) in [6.07, 6.45) is 2.14. The van der Waals surface area contributed by atoms with Crippen molar-refractivity contribution >= 4 is 10.0 Å². The molecule has 1 aromatic heterocycles. The average molecular weight is 467 g/mol. The highest BCUT2D eigenvalue weighted by Crippen LogP contribution is 2.20. The van der Waals surface area contributed by atoms with Crippen molar-refractivity contribution in [2.45, 2.75) is 18.2 Å². The summed E-state index contributed by atoms with van der Waals surface area (Å²) in [5.41, 5.74) is 0.129. The highest BCUT2D eigenvalue weighted by Gasteiger charge is 2.25. The SMILES string of the molecule is CCCOc1nccc(=O)n1-c1ccc(S(=O)(=O)N(CCO)CCN2CCOCC2)cc1. The Morgan fingerprint density at radius 1 is 1.16 bits per heavy atom. The van der Waals surface area contributed by atoms with Crippen molar-refractivity contribution in [3.05, 3.63) is 46.9 Å². The number of rotatable bonds is 11. The molecule has 3 rings (SSSR count). The highest BCUT2D eigenvalue weighted by atomic mass is 32.2. The average Bonchev–Trinajstić information content (AvgIpc) is 2.81. The van der Waals surface area contributed by atoms with E-state index in [0.29, 0.717) is 32.1 Å². The van der Waals surface area contributed by atoms with Gasteiger partial charge in [0.15, 0.2) is 0 Å². The lowest BCUT2D eigenvalue weighted by molar-refractivity contribution is 0.0359. The molecular weight excluding hydrogens is 436 g/mol. The van der Waals surface area contributed by atoms with E-state index in [1.807, 2.05) is 6.92 Å². The van der Waals surface area contributed by atoms with Crippen LogP contribution in [0.15, 0.2) is 46.2 Å². The molecule has 10 nitrogen and oxygen atoms in total. The van der Waals surface area contributed by atoms with Gasteiger partial charge in [0, 0.05) is 45.0 Å². The number of aromatic nitrogens is 2. The van der Waals surface area contributed by atoms with Crippen molar-refractivity contribution in [2.75, 3.05) is 59.2 Å². The van der Waals surface area contributed by atoms with E-state index in [9.17, 15) is 18.3 Å². The Balaban J connectivity index is 1.81. The minimum atomic E-state index is -3.82. The van der Waals surface area contributed by atoms with Crippen LogP contribution in [0, 0.1) is 0 Å². The Morgan fingerprint density at radius 3 is 2.53 bits per heavy atom. The summed E-state index contributed by atoms with van der Waals surface area (Å²) in [5.74, 6) is 0. The molecule has 32 heavy (non-hydrogen) atoms. The molecule has 2 heterocycles. The molecule has 1 N–H and O–H groups in total. The van der Waals surface area contributed by atoms with E-state index in [0.717, 1.165) is 19.5 Å². The standard InChI is InChI=1S/C21H30N4O6S/c1-2-15-31-21-22-8-7-20(27)25(21)18-3-5-19(6-4-18)32(28,29)24(11-14-26)10-9-23-12-16-30-17-13-23/h3-8,26H,2,9-17H2,1H3. The molecule has 0 radical (unpaired) electrons. The van der Waals surface area contributed by atoms with Gasteiger partial charge >= 0.3 is 6.01 Å². The molecule has 0 bridgehead atoms. The lowest BCUT2D eigenvalue weighted by Crippen LogP contribution is -2.43. The van der Waals surface area contributed by atoms with Crippen LogP contribution in [-0.2, 0) is 14.8 Å². The van der Waals surface area contributed by atoms with Crippen LogP contribution in [0.1, 0.15) is 13.3 Å². The molecule has 0 spiro atoms. The molecule has 0 aliphatic carbocycles. The van der Waals surface area contributed by atoms with Crippen LogP contribution in [-0.4, -0.2) is 91.4 Å². The van der Waals surface area contributed by atoms with Crippen LogP contribution in [0.5, 0.6) is 6.01 Å². The first-order valence-electron chi connectivity index (χ1n) is 10.7. The predicted molar refractivity (Wildman–Crippen MR) is 119 cm³/mol. The second kappa shape index (κ2) is 11.5. The van der Waals surface area contributed by atoms with Crippen LogP contribution < -0.4 is 10.3 Å². The van der Waals surface area contributed by atoms with Gasteiger partial charge in [-0.15, -0.1) is 0 Å². The maximum absolute atomic E-state index is 13.2. The fourth-order valence-electron chi connectivity index (χ4n) is 3.38. The summed E-state index contributed by atoms with van der Waals surface area (Å²) in [7, 11) is -3.82. The molecule has 1 aliphatic heterocycles. The number of hydrogen-bond acceptors (Lipinski definition) is 8. The number of hydrogen-bond donors (Lipinski definition) is 1. The Labute approximate surface area is 188 Å². The van der Waals surface area contributed by atoms with E-state index >= 15 is 0 Å². The number of aliphatic hydroxyl groups is 1. The molecule has 2 aromatic rings. The number of aliphatic hydroxyl groups excluding tert-OH is 1. The maximum atomic E-state index is 13.2. The number of ether oxygens (including phenoxy) is 2. The van der Waals surface area contributed by atoms with Crippen molar-refractivity contribution in [3.8, 4) is 11.7 Å². The lowest BCUT2D eigenvalue weighted by Gasteiger charge is -2.29. The number of nitrogens with zero attached hydrogens (tertiary/aromatic N) is 4. The van der Waals surface area contributed by atoms with Gasteiger partial charge in [-0.05, 0) is 30.7 Å². The quantitative estimate of drug-likeness (QED) is 0.504. The van der Waals surface area contributed by atoms with Gasteiger partial charge in [-0.3, -0.25) is 9.69 Å². The lowest BCUT2D eigenvalue weighted by atomic mass is 10.3. The number of sulfonamides is 1. The van der Waals surface area contributed by atoms with Crippen LogP contribution >= 0.6 is 0 Å². The molecule has 11 heteroatoms. The molecular formula is C21H30N4O6S. The van der Waals surface area contributed by atoms with E-state index in [4.69, 9.17) is 9.47 Å². The number of benzene rings is 1. The summed E-state index contributed by atoms with van der Waals surface area (Å²) < 4.78 is 39.8. The van der Waals surface area contributed by atoms with Crippen molar-refractivity contribution in [2.24, 2.45) is 0 Å². The van der Waals surface area contributed by atoms with Gasteiger partial charge in [-0.25, -0.2) is 18.0 Å². The van der Waals surface area contributed by atoms with Crippen molar-refractivity contribution in [1.82, 2.24) is 18.8 Å². The van der Waals surface area contributed by atoms with Crippen LogP contribution in [0.4, 0.5) is 0 Å². The summed E-state index contributed by atoms with van der Waals surface area (Å²) in [5, 5.41) is 9.41. The predicted octanol–water partition coefficient (Wildman–Crippen LogP) is 0.337. The first kappa shape index (κ1) is 24.3. The second-order valence-electron chi connectivity index (χ2n) is 7.33. The molecule has 176 valence electrons. The first-order chi connectivity index (χ1) is 15.5. The van der Waals surface area contributed by atoms with Gasteiger partial charge in [-0.1, -0.05) is 6.92 Å². The van der Waals surface area contributed by atoms with Gasteiger partial charge in [0.05, 0.1) is 37.0 Å². The van der Waals surface area contributed by atoms with E-state index in [1.54, 1.807) is 12.1 Å². The van der Waals surface area contributed by atoms with Crippen molar-refractivity contribution in [3.63, 3.8) is 0 Å². The maximum Gasteiger partial charge on any atom is 0.303 e. The molecule has 0 atom stereocenters. The number of morpholine rings is 1. The van der Waals surface area contributed by atoms with Gasteiger partial charge in [0.1, 0.15) is 0 Å². The fourth-order valence-corrected chi connectivity index (χ4v) is 4.80. The first-order valence-corrected chi connectivity index (χ1v) is 12.1. The van der Waals surface area contributed by atoms with Crippen molar-refractivity contribution < 1.29 is 23.0 Å². The van der Waals surface area contributed by atoms with E-state index in [-0.39, 0.29) is 36.2 Å². The van der Waals surface area contributed by atoms with Gasteiger partial charge in [-0.2, -0.15) is 4.31 Å². The normalized spacial score (nSPS) is 15.2. The molecule has 1 aromatic carbocycles. The van der Waals surface area contributed by atoms with Gasteiger partial charge < -0.3 is 14.6 Å². The summed E-state index contributed by atoms with van der Waals surface area (Å²) >= 11 is 0. The Hall–Kier alpha value is -2.31. The van der Waals surface area contributed by atoms with E-state index < -0.39 is 10.0 Å². The van der Waals surface area contributed by atoms with E-state index in [1.165, 1.54) is 33.3 Å². The Kier molecular flexibility index (Phi) is 8.76. The third-order valence-corrected chi connectivity index (χ3v) is 7.01. The fraction of sp³-hybridized carbons (Fsp3) is 0.524. The Bertz CT molecular complexity index is 1020. The highest BCUT2D eigenvalue weighted by molar-refractivity contribution is 7.89. The van der Waals surface area contributed by atoms with Gasteiger partial charge in [0.2, 0.25) is 10.0 Å². The molecule has 1 fully saturated rings. The molecule has 1 aliphatic rings. The zero-order chi connectivity index (χ0) is 23.0. The van der Waals surface area contributed by atoms with Crippen LogP contribution in [0.25, 0.3) is 5.69 Å². The third-order valence-electron chi connectivity index (χ3n) is 5.10. The van der Waals surface area contributed by atoms with Crippen LogP contribution in [0.2, 0.25) is 0 Å². The molecule has 0 amide bonds. The van der Waals surface area contributed by atoms with Crippen LogP contribution in [0.3, 0.4) is 0 Å². The zero-order valence-electron chi connectivity index (χ0n) is 18.2. The second-order valence-corrected chi connectivity index (χ2v) is 9.26. The minimum Gasteiger partial charge on any atom is -0.464 e. The van der Waals surface area contributed by atoms with E-state index in [2.05, 4.69) is 9.88 Å². The largest absolute Gasteiger partial charge is 0.464 e. The van der Waals surface area contributed by atoms with Gasteiger partial charge in [0.25, 0.3) is 5.56 Å². The topological polar surface area (TPSA) is 114 Å². The summed E-state index contributed by atoms with van der Waals surface area (Å²) in [6, 6.07) is 7.47. The minimum absolute atomic E-state index is 0.00545. The molecule has 0 unspecified atom stereocenters. The smallest absolute Gasteiger partial charge is 0.303 e. The Morgan fingerprint density at radius 2 is 1.88 bits per heavy atom. The molecule has 0 saturated carbocycles. The summed E-state index contributed by atoms with van der Waals surface area (Å²) in [4.78, 5) is 18.7. The molecule has 1 saturated heterocycles. The third kappa shape index (κ3) is 5.93.